The molecule has 5 nitrogen and oxygen atoms in total. The molecule has 2 aromatic rings. The minimum atomic E-state index is -4.59. The largest absolute Gasteiger partial charge is 0.462 e. The second kappa shape index (κ2) is 5.47. The van der Waals surface area contributed by atoms with E-state index in [1.54, 1.807) is 6.92 Å². The fourth-order valence-electron chi connectivity index (χ4n) is 1.72. The molecule has 0 radical (unpaired) electrons. The summed E-state index contributed by atoms with van der Waals surface area (Å²) in [6, 6.07) is 6.59. The number of anilines is 1. The number of rotatable bonds is 3. The summed E-state index contributed by atoms with van der Waals surface area (Å²) in [5.74, 6) is -0.746. The van der Waals surface area contributed by atoms with Crippen LogP contribution < -0.4 is 5.73 Å². The number of esters is 1. The minimum Gasteiger partial charge on any atom is -0.462 e. The Morgan fingerprint density at radius 3 is 2.67 bits per heavy atom. The third-order valence-corrected chi connectivity index (χ3v) is 2.63. The number of ether oxygens (including phenoxy) is 1. The van der Waals surface area contributed by atoms with Gasteiger partial charge in [-0.3, -0.25) is 0 Å². The number of carbonyl (C=O) groups excluding carboxylic acids is 1. The van der Waals surface area contributed by atoms with Crippen molar-refractivity contribution in [2.75, 3.05) is 12.3 Å². The Balaban J connectivity index is 2.41. The molecule has 0 atom stereocenters. The SMILES string of the molecule is CCOC(=O)c1cccc(-n2nc(C(F)(F)F)cc2N)c1. The normalized spacial score (nSPS) is 11.4. The molecule has 8 heteroatoms. The monoisotopic (exact) mass is 299 g/mol. The van der Waals surface area contributed by atoms with Crippen molar-refractivity contribution < 1.29 is 22.7 Å². The van der Waals surface area contributed by atoms with Gasteiger partial charge in [0, 0.05) is 6.07 Å². The van der Waals surface area contributed by atoms with E-state index in [9.17, 15) is 18.0 Å². The Bertz CT molecular complexity index is 665. The van der Waals surface area contributed by atoms with E-state index in [2.05, 4.69) is 5.10 Å². The smallest absolute Gasteiger partial charge is 0.435 e. The van der Waals surface area contributed by atoms with Crippen molar-refractivity contribution in [2.45, 2.75) is 13.1 Å². The van der Waals surface area contributed by atoms with Gasteiger partial charge in [0.05, 0.1) is 17.9 Å². The van der Waals surface area contributed by atoms with Gasteiger partial charge in [0.1, 0.15) is 5.82 Å². The van der Waals surface area contributed by atoms with Crippen molar-refractivity contribution in [1.29, 1.82) is 0 Å². The fraction of sp³-hybridized carbons (Fsp3) is 0.231. The third-order valence-electron chi connectivity index (χ3n) is 2.63. The number of aromatic nitrogens is 2. The first kappa shape index (κ1) is 14.9. The van der Waals surface area contributed by atoms with Crippen molar-refractivity contribution in [3.8, 4) is 5.69 Å². The van der Waals surface area contributed by atoms with Crippen LogP contribution in [0.15, 0.2) is 30.3 Å². The third kappa shape index (κ3) is 3.15. The number of hydrogen-bond acceptors (Lipinski definition) is 4. The van der Waals surface area contributed by atoms with Crippen LogP contribution in [-0.4, -0.2) is 22.4 Å². The van der Waals surface area contributed by atoms with Gasteiger partial charge in [0.2, 0.25) is 0 Å². The zero-order valence-corrected chi connectivity index (χ0v) is 11.0. The van der Waals surface area contributed by atoms with Crippen molar-refractivity contribution >= 4 is 11.8 Å². The lowest BCUT2D eigenvalue weighted by Gasteiger charge is -2.07. The quantitative estimate of drug-likeness (QED) is 0.885. The van der Waals surface area contributed by atoms with Crippen molar-refractivity contribution in [1.82, 2.24) is 9.78 Å². The molecule has 1 heterocycles. The standard InChI is InChI=1S/C13H12F3N3O2/c1-2-21-12(20)8-4-3-5-9(6-8)19-11(17)7-10(18-19)13(14,15)16/h3-7H,2,17H2,1H3. The highest BCUT2D eigenvalue weighted by atomic mass is 19.4. The molecule has 0 aliphatic carbocycles. The zero-order chi connectivity index (χ0) is 15.6. The van der Waals surface area contributed by atoms with Crippen LogP contribution >= 0.6 is 0 Å². The average molecular weight is 299 g/mol. The molecular weight excluding hydrogens is 287 g/mol. The van der Waals surface area contributed by atoms with E-state index >= 15 is 0 Å². The van der Waals surface area contributed by atoms with Gasteiger partial charge in [-0.05, 0) is 25.1 Å². The highest BCUT2D eigenvalue weighted by Gasteiger charge is 2.34. The first-order valence-corrected chi connectivity index (χ1v) is 6.03. The molecular formula is C13H12F3N3O2. The maximum absolute atomic E-state index is 12.6. The number of nitrogens with zero attached hydrogens (tertiary/aromatic N) is 2. The Kier molecular flexibility index (Phi) is 3.88. The summed E-state index contributed by atoms with van der Waals surface area (Å²) in [5.41, 5.74) is 4.89. The van der Waals surface area contributed by atoms with Gasteiger partial charge in [-0.2, -0.15) is 18.3 Å². The Morgan fingerprint density at radius 2 is 2.10 bits per heavy atom. The van der Waals surface area contributed by atoms with Crippen molar-refractivity contribution in [3.05, 3.63) is 41.6 Å². The van der Waals surface area contributed by atoms with Gasteiger partial charge in [0.15, 0.2) is 5.69 Å². The summed E-state index contributed by atoms with van der Waals surface area (Å²) >= 11 is 0. The van der Waals surface area contributed by atoms with Crippen LogP contribution in [0.2, 0.25) is 0 Å². The molecule has 1 aromatic heterocycles. The molecule has 21 heavy (non-hydrogen) atoms. The number of alkyl halides is 3. The number of benzene rings is 1. The van der Waals surface area contributed by atoms with Gasteiger partial charge in [-0.1, -0.05) is 6.07 Å². The van der Waals surface area contributed by atoms with Gasteiger partial charge in [-0.15, -0.1) is 0 Å². The lowest BCUT2D eigenvalue weighted by atomic mass is 10.2. The van der Waals surface area contributed by atoms with E-state index in [-0.39, 0.29) is 23.7 Å². The Hall–Kier alpha value is -2.51. The van der Waals surface area contributed by atoms with E-state index in [0.29, 0.717) is 0 Å². The molecule has 0 saturated heterocycles. The fourth-order valence-corrected chi connectivity index (χ4v) is 1.72. The summed E-state index contributed by atoms with van der Waals surface area (Å²) in [6.45, 7) is 1.86. The van der Waals surface area contributed by atoms with Crippen molar-refractivity contribution in [2.24, 2.45) is 0 Å². The number of nitrogens with two attached hydrogens (primary N) is 1. The lowest BCUT2D eigenvalue weighted by Crippen LogP contribution is -2.09. The number of carbonyl (C=O) groups is 1. The van der Waals surface area contributed by atoms with Gasteiger partial charge < -0.3 is 10.5 Å². The van der Waals surface area contributed by atoms with Crippen LogP contribution in [0.4, 0.5) is 19.0 Å². The molecule has 2 rings (SSSR count). The van der Waals surface area contributed by atoms with E-state index in [1.165, 1.54) is 24.3 Å². The molecule has 0 amide bonds. The van der Waals surface area contributed by atoms with E-state index in [4.69, 9.17) is 10.5 Å². The van der Waals surface area contributed by atoms with Crippen LogP contribution in [0.3, 0.4) is 0 Å². The van der Waals surface area contributed by atoms with Crippen molar-refractivity contribution in [3.63, 3.8) is 0 Å². The number of halogens is 3. The number of nitrogen functional groups attached to an aromatic ring is 1. The number of hydrogen-bond donors (Lipinski definition) is 1. The second-order valence-electron chi connectivity index (χ2n) is 4.13. The first-order valence-electron chi connectivity index (χ1n) is 6.03. The van der Waals surface area contributed by atoms with Gasteiger partial charge in [0.25, 0.3) is 0 Å². The maximum atomic E-state index is 12.6. The zero-order valence-electron chi connectivity index (χ0n) is 11.0. The molecule has 2 N–H and O–H groups in total. The summed E-state index contributed by atoms with van der Waals surface area (Å²) in [7, 11) is 0. The van der Waals surface area contributed by atoms with E-state index in [0.717, 1.165) is 10.7 Å². The highest BCUT2D eigenvalue weighted by molar-refractivity contribution is 5.90. The molecule has 0 bridgehead atoms. The average Bonchev–Trinajstić information content (AvgIpc) is 2.81. The molecule has 0 aliphatic heterocycles. The minimum absolute atomic E-state index is 0.177. The molecule has 0 unspecified atom stereocenters. The van der Waals surface area contributed by atoms with Crippen LogP contribution in [0.25, 0.3) is 5.69 Å². The molecule has 112 valence electrons. The maximum Gasteiger partial charge on any atom is 0.435 e. The van der Waals surface area contributed by atoms with Crippen LogP contribution in [0.5, 0.6) is 0 Å². The molecule has 1 aromatic carbocycles. The summed E-state index contributed by atoms with van der Waals surface area (Å²) < 4.78 is 43.5. The van der Waals surface area contributed by atoms with Crippen LogP contribution in [0, 0.1) is 0 Å². The molecule has 0 spiro atoms. The van der Waals surface area contributed by atoms with E-state index < -0.39 is 17.8 Å². The topological polar surface area (TPSA) is 70.1 Å². The van der Waals surface area contributed by atoms with Gasteiger partial charge in [-0.25, -0.2) is 9.48 Å². The van der Waals surface area contributed by atoms with Crippen LogP contribution in [0.1, 0.15) is 23.0 Å². The molecule has 0 saturated carbocycles. The Labute approximate surface area is 118 Å². The molecule has 0 fully saturated rings. The second-order valence-corrected chi connectivity index (χ2v) is 4.13. The predicted octanol–water partition coefficient (Wildman–Crippen LogP) is 2.65. The van der Waals surface area contributed by atoms with Crippen LogP contribution in [-0.2, 0) is 10.9 Å². The first-order chi connectivity index (χ1) is 9.82. The highest BCUT2D eigenvalue weighted by Crippen LogP contribution is 2.30. The molecule has 0 aliphatic rings. The summed E-state index contributed by atoms with van der Waals surface area (Å²) in [5, 5.41) is 3.41. The summed E-state index contributed by atoms with van der Waals surface area (Å²) in [4.78, 5) is 11.6. The summed E-state index contributed by atoms with van der Waals surface area (Å²) in [6.07, 6.45) is -4.59. The van der Waals surface area contributed by atoms with E-state index in [1.807, 2.05) is 0 Å². The lowest BCUT2D eigenvalue weighted by molar-refractivity contribution is -0.141. The Morgan fingerprint density at radius 1 is 1.38 bits per heavy atom. The predicted molar refractivity (Wildman–Crippen MR) is 68.9 cm³/mol. The van der Waals surface area contributed by atoms with Gasteiger partial charge >= 0.3 is 12.1 Å².